The van der Waals surface area contributed by atoms with Crippen molar-refractivity contribution in [2.24, 2.45) is 0 Å². The third-order valence-electron chi connectivity index (χ3n) is 5.82. The summed E-state index contributed by atoms with van der Waals surface area (Å²) in [5.74, 6) is -0.536. The van der Waals surface area contributed by atoms with Crippen molar-refractivity contribution in [1.29, 1.82) is 0 Å². The fourth-order valence-electron chi connectivity index (χ4n) is 4.12. The van der Waals surface area contributed by atoms with Crippen molar-refractivity contribution >= 4 is 10.0 Å². The number of benzene rings is 2. The second kappa shape index (κ2) is 11.8. The monoisotopic (exact) mass is 467 g/mol. The summed E-state index contributed by atoms with van der Waals surface area (Å²) in [6, 6.07) is 12.9. The van der Waals surface area contributed by atoms with Gasteiger partial charge >= 0.3 is 0 Å². The van der Waals surface area contributed by atoms with E-state index in [0.717, 1.165) is 56.7 Å². The van der Waals surface area contributed by atoms with Crippen LogP contribution in [0.2, 0.25) is 0 Å². The van der Waals surface area contributed by atoms with Gasteiger partial charge in [-0.3, -0.25) is 4.90 Å². The third kappa shape index (κ3) is 7.31. The average Bonchev–Trinajstić information content (AvgIpc) is 2.77. The molecule has 0 aliphatic carbocycles. The number of hydrogen-bond donors (Lipinski definition) is 2. The van der Waals surface area contributed by atoms with Crippen LogP contribution in [0.5, 0.6) is 0 Å². The van der Waals surface area contributed by atoms with Gasteiger partial charge < -0.3 is 10.0 Å². The molecule has 1 aliphatic rings. The molecule has 1 saturated heterocycles. The van der Waals surface area contributed by atoms with Gasteiger partial charge in [-0.2, -0.15) is 4.72 Å². The summed E-state index contributed by atoms with van der Waals surface area (Å²) < 4.78 is 52.1. The molecule has 2 aromatic rings. The van der Waals surface area contributed by atoms with Gasteiger partial charge in [0.05, 0.1) is 11.8 Å². The number of sulfonamides is 1. The normalized spacial score (nSPS) is 16.0. The second-order valence-corrected chi connectivity index (χ2v) is 9.99. The molecule has 0 atom stereocenters. The minimum Gasteiger partial charge on any atom is -0.380 e. The lowest BCUT2D eigenvalue weighted by Gasteiger charge is -2.40. The lowest BCUT2D eigenvalue weighted by atomic mass is 9.96. The minimum absolute atomic E-state index is 0.0261. The van der Waals surface area contributed by atoms with E-state index in [-0.39, 0.29) is 23.4 Å². The number of aliphatic hydroxyl groups is 1. The van der Waals surface area contributed by atoms with E-state index >= 15 is 0 Å². The molecule has 0 bridgehead atoms. The standard InChI is InChI=1S/C23H31F2N3O3S/c24-21-8-4-19(5-9-21)23(20-6-10-22(25)11-7-20)28-15-13-27(14-16-28)12-2-1-3-17-32(30,31)26-18-29/h4-11,23,26,29H,1-3,12-18H2. The van der Waals surface area contributed by atoms with Gasteiger partial charge in [-0.15, -0.1) is 0 Å². The summed E-state index contributed by atoms with van der Waals surface area (Å²) in [4.78, 5) is 4.70. The van der Waals surface area contributed by atoms with Crippen molar-refractivity contribution in [1.82, 2.24) is 14.5 Å². The maximum absolute atomic E-state index is 13.5. The van der Waals surface area contributed by atoms with Gasteiger partial charge in [-0.1, -0.05) is 30.7 Å². The zero-order chi connectivity index (χ0) is 23.0. The summed E-state index contributed by atoms with van der Waals surface area (Å²) in [5.41, 5.74) is 1.95. The summed E-state index contributed by atoms with van der Waals surface area (Å²) in [6.45, 7) is 3.75. The smallest absolute Gasteiger partial charge is 0.213 e. The Morgan fingerprint density at radius 1 is 0.844 bits per heavy atom. The van der Waals surface area contributed by atoms with Gasteiger partial charge in [0.15, 0.2) is 0 Å². The molecule has 1 heterocycles. The Kier molecular flexibility index (Phi) is 9.12. The Morgan fingerprint density at radius 2 is 1.38 bits per heavy atom. The van der Waals surface area contributed by atoms with Crippen LogP contribution >= 0.6 is 0 Å². The van der Waals surface area contributed by atoms with Crippen molar-refractivity contribution in [2.75, 3.05) is 45.2 Å². The highest BCUT2D eigenvalue weighted by molar-refractivity contribution is 7.89. The second-order valence-electron chi connectivity index (χ2n) is 8.07. The largest absolute Gasteiger partial charge is 0.380 e. The first kappa shape index (κ1) is 24.7. The fraction of sp³-hybridized carbons (Fsp3) is 0.478. The lowest BCUT2D eigenvalue weighted by Crippen LogP contribution is -2.48. The number of piperazine rings is 1. The summed E-state index contributed by atoms with van der Waals surface area (Å²) in [7, 11) is -3.38. The van der Waals surface area contributed by atoms with E-state index in [2.05, 4.69) is 14.5 Å². The Morgan fingerprint density at radius 3 is 1.88 bits per heavy atom. The lowest BCUT2D eigenvalue weighted by molar-refractivity contribution is 0.108. The van der Waals surface area contributed by atoms with Gasteiger partial charge in [0, 0.05) is 26.2 Å². The van der Waals surface area contributed by atoms with E-state index in [0.29, 0.717) is 6.42 Å². The molecular weight excluding hydrogens is 436 g/mol. The van der Waals surface area contributed by atoms with Crippen molar-refractivity contribution < 1.29 is 22.3 Å². The number of aliphatic hydroxyl groups excluding tert-OH is 1. The van der Waals surface area contributed by atoms with Crippen molar-refractivity contribution in [3.8, 4) is 0 Å². The highest BCUT2D eigenvalue weighted by atomic mass is 32.2. The van der Waals surface area contributed by atoms with Crippen molar-refractivity contribution in [3.05, 3.63) is 71.3 Å². The minimum atomic E-state index is -3.38. The van der Waals surface area contributed by atoms with Crippen LogP contribution in [-0.4, -0.2) is 68.5 Å². The fourth-order valence-corrected chi connectivity index (χ4v) is 5.05. The molecule has 6 nitrogen and oxygen atoms in total. The molecule has 176 valence electrons. The van der Waals surface area contributed by atoms with E-state index in [1.54, 1.807) is 24.3 Å². The maximum atomic E-state index is 13.5. The molecule has 32 heavy (non-hydrogen) atoms. The number of nitrogens with zero attached hydrogens (tertiary/aromatic N) is 2. The van der Waals surface area contributed by atoms with Crippen LogP contribution < -0.4 is 4.72 Å². The number of halogens is 2. The SMILES string of the molecule is O=S(=O)(CCCCCN1CCN(C(c2ccc(F)cc2)c2ccc(F)cc2)CC1)NCO. The summed E-state index contributed by atoms with van der Waals surface area (Å²) in [5, 5.41) is 8.67. The number of rotatable bonds is 11. The molecule has 1 fully saturated rings. The molecule has 0 saturated carbocycles. The molecule has 9 heteroatoms. The van der Waals surface area contributed by atoms with E-state index in [1.807, 2.05) is 0 Å². The van der Waals surface area contributed by atoms with Gasteiger partial charge in [0.25, 0.3) is 0 Å². The number of unbranched alkanes of at least 4 members (excludes halogenated alkanes) is 2. The molecule has 0 radical (unpaired) electrons. The van der Waals surface area contributed by atoms with Gasteiger partial charge in [-0.05, 0) is 54.8 Å². The average molecular weight is 468 g/mol. The van der Waals surface area contributed by atoms with Crippen LogP contribution in [-0.2, 0) is 10.0 Å². The van der Waals surface area contributed by atoms with Gasteiger partial charge in [-0.25, -0.2) is 17.2 Å². The first-order chi connectivity index (χ1) is 15.4. The predicted octanol–water partition coefficient (Wildman–Crippen LogP) is 2.71. The van der Waals surface area contributed by atoms with Gasteiger partial charge in [0.1, 0.15) is 18.4 Å². The topological polar surface area (TPSA) is 72.9 Å². The Bertz CT molecular complexity index is 886. The Balaban J connectivity index is 1.53. The van der Waals surface area contributed by atoms with Gasteiger partial charge in [0.2, 0.25) is 10.0 Å². The molecule has 1 aliphatic heterocycles. The van der Waals surface area contributed by atoms with Crippen LogP contribution in [0, 0.1) is 11.6 Å². The Hall–Kier alpha value is -1.91. The van der Waals surface area contributed by atoms with Crippen molar-refractivity contribution in [3.63, 3.8) is 0 Å². The molecule has 0 spiro atoms. The molecule has 0 aromatic heterocycles. The highest BCUT2D eigenvalue weighted by Gasteiger charge is 2.26. The molecule has 0 amide bonds. The first-order valence-electron chi connectivity index (χ1n) is 10.9. The molecule has 2 aromatic carbocycles. The van der Waals surface area contributed by atoms with E-state index in [1.165, 1.54) is 24.3 Å². The molecule has 2 N–H and O–H groups in total. The quantitative estimate of drug-likeness (QED) is 0.393. The zero-order valence-corrected chi connectivity index (χ0v) is 18.9. The first-order valence-corrected chi connectivity index (χ1v) is 12.6. The molecular formula is C23H31F2N3O3S. The summed E-state index contributed by atoms with van der Waals surface area (Å²) >= 11 is 0. The van der Waals surface area contributed by atoms with Crippen LogP contribution in [0.1, 0.15) is 36.4 Å². The van der Waals surface area contributed by atoms with E-state index in [4.69, 9.17) is 5.11 Å². The zero-order valence-electron chi connectivity index (χ0n) is 18.1. The highest BCUT2D eigenvalue weighted by Crippen LogP contribution is 2.30. The van der Waals surface area contributed by atoms with Crippen LogP contribution in [0.4, 0.5) is 8.78 Å². The maximum Gasteiger partial charge on any atom is 0.213 e. The number of nitrogens with one attached hydrogen (secondary N) is 1. The Labute approximate surface area is 188 Å². The molecule has 0 unspecified atom stereocenters. The van der Waals surface area contributed by atoms with Crippen LogP contribution in [0.3, 0.4) is 0 Å². The number of hydrogen-bond acceptors (Lipinski definition) is 5. The molecule has 3 rings (SSSR count). The van der Waals surface area contributed by atoms with Crippen LogP contribution in [0.25, 0.3) is 0 Å². The van der Waals surface area contributed by atoms with Crippen molar-refractivity contribution in [2.45, 2.75) is 25.3 Å². The van der Waals surface area contributed by atoms with E-state index < -0.39 is 16.8 Å². The van der Waals surface area contributed by atoms with E-state index in [9.17, 15) is 17.2 Å². The van der Waals surface area contributed by atoms with Crippen LogP contribution in [0.15, 0.2) is 48.5 Å². The third-order valence-corrected chi connectivity index (χ3v) is 7.21. The summed E-state index contributed by atoms with van der Waals surface area (Å²) in [6.07, 6.45) is 2.28. The predicted molar refractivity (Wildman–Crippen MR) is 121 cm³/mol.